The maximum absolute atomic E-state index is 12.5. The maximum atomic E-state index is 12.5. The molecule has 2 heterocycles. The molecule has 1 fully saturated rings. The molecule has 0 radical (unpaired) electrons. The van der Waals surface area contributed by atoms with Crippen LogP contribution < -0.4 is 10.6 Å². The van der Waals surface area contributed by atoms with Gasteiger partial charge in [-0.3, -0.25) is 9.59 Å². The van der Waals surface area contributed by atoms with Gasteiger partial charge in [-0.15, -0.1) is 0 Å². The summed E-state index contributed by atoms with van der Waals surface area (Å²) in [5, 5.41) is 6.19. The Morgan fingerprint density at radius 3 is 2.87 bits per heavy atom. The summed E-state index contributed by atoms with van der Waals surface area (Å²) in [5.74, 6) is 0.524. The Morgan fingerprint density at radius 2 is 2.10 bits per heavy atom. The molecule has 156 valence electrons. The molecule has 0 aliphatic carbocycles. The normalized spacial score (nSPS) is 16.0. The van der Waals surface area contributed by atoms with Gasteiger partial charge in [-0.1, -0.05) is 23.7 Å². The molecule has 2 N–H and O–H groups in total. The zero-order valence-electron chi connectivity index (χ0n) is 16.7. The molecule has 1 atom stereocenters. The van der Waals surface area contributed by atoms with Crippen molar-refractivity contribution in [2.75, 3.05) is 18.5 Å². The number of aryl methyl sites for hydroxylation is 1. The van der Waals surface area contributed by atoms with E-state index in [9.17, 15) is 9.59 Å². The highest BCUT2D eigenvalue weighted by molar-refractivity contribution is 6.34. The topological polar surface area (TPSA) is 85.2 Å². The van der Waals surface area contributed by atoms with Crippen LogP contribution in [0.3, 0.4) is 0 Å². The minimum atomic E-state index is -0.324. The van der Waals surface area contributed by atoms with E-state index in [4.69, 9.17) is 16.3 Å². The number of benzene rings is 2. The van der Waals surface area contributed by atoms with Gasteiger partial charge in [0.25, 0.3) is 5.91 Å². The number of hydrogen-bond donors (Lipinski definition) is 2. The molecule has 1 aliphatic rings. The molecular weight excluding hydrogens is 404 g/mol. The maximum Gasteiger partial charge on any atom is 0.257 e. The summed E-state index contributed by atoms with van der Waals surface area (Å²) in [5.41, 5.74) is 2.79. The van der Waals surface area contributed by atoms with Crippen LogP contribution in [0.1, 0.15) is 29.0 Å². The number of rotatable bonds is 6. The highest BCUT2D eigenvalue weighted by Gasteiger charge is 2.23. The molecule has 0 unspecified atom stereocenters. The zero-order chi connectivity index (χ0) is 21.1. The first-order valence-corrected chi connectivity index (χ1v) is 10.3. The first-order valence-electron chi connectivity index (χ1n) is 9.93. The number of carbonyl (C=O) groups excluding carboxylic acids is 2. The summed E-state index contributed by atoms with van der Waals surface area (Å²) in [6, 6.07) is 12.5. The molecule has 0 bridgehead atoms. The van der Waals surface area contributed by atoms with Gasteiger partial charge < -0.3 is 19.9 Å². The third-order valence-electron chi connectivity index (χ3n) is 5.22. The number of halogens is 1. The standard InChI is InChI=1S/C22H23ClN4O3/c1-27-18-9-8-14(25-21(28)15-5-2-3-6-16(15)23)13-17(18)26-20(27)10-11-24-22(29)19-7-4-12-30-19/h2-3,5-6,8-9,13,19H,4,7,10-12H2,1H3,(H,24,29)(H,25,28)/t19-/m0/s1. The van der Waals surface area contributed by atoms with Crippen LogP contribution in [-0.4, -0.2) is 40.6 Å². The fourth-order valence-electron chi connectivity index (χ4n) is 3.59. The number of anilines is 1. The fourth-order valence-corrected chi connectivity index (χ4v) is 3.81. The van der Waals surface area contributed by atoms with E-state index in [0.29, 0.717) is 35.8 Å². The zero-order valence-corrected chi connectivity index (χ0v) is 17.4. The molecule has 2 aromatic carbocycles. The molecule has 7 nitrogen and oxygen atoms in total. The number of fused-ring (bicyclic) bond motifs is 1. The van der Waals surface area contributed by atoms with Crippen LogP contribution in [0.4, 0.5) is 5.69 Å². The van der Waals surface area contributed by atoms with Crippen molar-refractivity contribution in [1.82, 2.24) is 14.9 Å². The van der Waals surface area contributed by atoms with Crippen molar-refractivity contribution in [1.29, 1.82) is 0 Å². The highest BCUT2D eigenvalue weighted by atomic mass is 35.5. The minimum absolute atomic E-state index is 0.0594. The number of nitrogens with one attached hydrogen (secondary N) is 2. The van der Waals surface area contributed by atoms with Crippen LogP contribution in [0.5, 0.6) is 0 Å². The summed E-state index contributed by atoms with van der Waals surface area (Å²) in [7, 11) is 1.94. The first-order chi connectivity index (χ1) is 14.5. The van der Waals surface area contributed by atoms with Crippen LogP contribution in [0, 0.1) is 0 Å². The second-order valence-corrected chi connectivity index (χ2v) is 7.67. The van der Waals surface area contributed by atoms with Gasteiger partial charge in [-0.2, -0.15) is 0 Å². The van der Waals surface area contributed by atoms with Gasteiger partial charge in [-0.25, -0.2) is 4.98 Å². The van der Waals surface area contributed by atoms with Gasteiger partial charge in [-0.05, 0) is 43.2 Å². The van der Waals surface area contributed by atoms with Crippen LogP contribution in [-0.2, 0) is 23.0 Å². The van der Waals surface area contributed by atoms with Crippen molar-refractivity contribution < 1.29 is 14.3 Å². The van der Waals surface area contributed by atoms with Crippen LogP contribution >= 0.6 is 11.6 Å². The lowest BCUT2D eigenvalue weighted by Crippen LogP contribution is -2.35. The Balaban J connectivity index is 1.43. The molecule has 2 amide bonds. The van der Waals surface area contributed by atoms with Crippen LogP contribution in [0.2, 0.25) is 5.02 Å². The van der Waals surface area contributed by atoms with Gasteiger partial charge in [0.05, 0.1) is 21.6 Å². The molecular formula is C22H23ClN4O3. The van der Waals surface area contributed by atoms with E-state index >= 15 is 0 Å². The monoisotopic (exact) mass is 426 g/mol. The molecule has 1 saturated heterocycles. The van der Waals surface area contributed by atoms with E-state index in [-0.39, 0.29) is 17.9 Å². The number of nitrogens with zero attached hydrogens (tertiary/aromatic N) is 2. The summed E-state index contributed by atoms with van der Waals surface area (Å²) in [6.07, 6.45) is 1.99. The van der Waals surface area contributed by atoms with Gasteiger partial charge in [0.15, 0.2) is 0 Å². The Labute approximate surface area is 179 Å². The molecule has 4 rings (SSSR count). The van der Waals surface area contributed by atoms with Crippen LogP contribution in [0.15, 0.2) is 42.5 Å². The summed E-state index contributed by atoms with van der Waals surface area (Å²) < 4.78 is 7.39. The van der Waals surface area contributed by atoms with Crippen molar-refractivity contribution >= 4 is 40.1 Å². The van der Waals surface area contributed by atoms with Crippen LogP contribution in [0.25, 0.3) is 11.0 Å². The number of amides is 2. The van der Waals surface area contributed by atoms with Gasteiger partial charge in [0, 0.05) is 32.3 Å². The molecule has 3 aromatic rings. The summed E-state index contributed by atoms with van der Waals surface area (Å²) in [4.78, 5) is 29.2. The van der Waals surface area contributed by atoms with Gasteiger partial charge >= 0.3 is 0 Å². The predicted octanol–water partition coefficient (Wildman–Crippen LogP) is 3.32. The van der Waals surface area contributed by atoms with E-state index in [1.165, 1.54) is 0 Å². The molecule has 8 heteroatoms. The Bertz CT molecular complexity index is 1090. The van der Waals surface area contributed by atoms with Gasteiger partial charge in [0.1, 0.15) is 11.9 Å². The first kappa shape index (κ1) is 20.4. The quantitative estimate of drug-likeness (QED) is 0.633. The number of hydrogen-bond acceptors (Lipinski definition) is 4. The minimum Gasteiger partial charge on any atom is -0.368 e. The van der Waals surface area contributed by atoms with Crippen molar-refractivity contribution in [3.63, 3.8) is 0 Å². The second kappa shape index (κ2) is 8.85. The highest BCUT2D eigenvalue weighted by Crippen LogP contribution is 2.22. The van der Waals surface area contributed by atoms with Crippen molar-refractivity contribution in [3.05, 3.63) is 58.9 Å². The van der Waals surface area contributed by atoms with Crippen molar-refractivity contribution in [2.24, 2.45) is 7.05 Å². The Hall–Kier alpha value is -2.90. The Morgan fingerprint density at radius 1 is 1.27 bits per heavy atom. The van der Waals surface area contributed by atoms with Crippen molar-refractivity contribution in [2.45, 2.75) is 25.4 Å². The van der Waals surface area contributed by atoms with Crippen molar-refractivity contribution in [3.8, 4) is 0 Å². The number of ether oxygens (including phenoxy) is 1. The lowest BCUT2D eigenvalue weighted by Gasteiger charge is -2.10. The predicted molar refractivity (Wildman–Crippen MR) is 116 cm³/mol. The lowest BCUT2D eigenvalue weighted by atomic mass is 10.2. The second-order valence-electron chi connectivity index (χ2n) is 7.27. The average molecular weight is 427 g/mol. The molecule has 0 spiro atoms. The van der Waals surface area contributed by atoms with Gasteiger partial charge in [0.2, 0.25) is 5.91 Å². The van der Waals surface area contributed by atoms with E-state index in [2.05, 4.69) is 15.6 Å². The van der Waals surface area contributed by atoms with E-state index < -0.39 is 0 Å². The lowest BCUT2D eigenvalue weighted by molar-refractivity contribution is -0.130. The summed E-state index contributed by atoms with van der Waals surface area (Å²) >= 11 is 6.10. The summed E-state index contributed by atoms with van der Waals surface area (Å²) in [6.45, 7) is 1.14. The molecule has 30 heavy (non-hydrogen) atoms. The number of imidazole rings is 1. The fraction of sp³-hybridized carbons (Fsp3) is 0.318. The number of aromatic nitrogens is 2. The molecule has 1 aliphatic heterocycles. The molecule has 0 saturated carbocycles. The smallest absolute Gasteiger partial charge is 0.257 e. The van der Waals surface area contributed by atoms with E-state index in [1.54, 1.807) is 24.3 Å². The molecule has 1 aromatic heterocycles. The SMILES string of the molecule is Cn1c(CCNC(=O)[C@@H]2CCCO2)nc2cc(NC(=O)c3ccccc3Cl)ccc21. The van der Waals surface area contributed by atoms with E-state index in [0.717, 1.165) is 29.7 Å². The van der Waals surface area contributed by atoms with E-state index in [1.807, 2.05) is 29.8 Å². The average Bonchev–Trinajstić information content (AvgIpc) is 3.37. The largest absolute Gasteiger partial charge is 0.368 e. The third kappa shape index (κ3) is 4.32. The third-order valence-corrected chi connectivity index (χ3v) is 5.55. The Kier molecular flexibility index (Phi) is 6.01. The number of carbonyl (C=O) groups is 2.